The molecule has 2 aromatic heterocycles. The second-order valence-electron chi connectivity index (χ2n) is 6.15. The van der Waals surface area contributed by atoms with Gasteiger partial charge in [-0.2, -0.15) is 0 Å². The molecule has 4 aromatic rings. The maximum Gasteiger partial charge on any atom is 0.272 e. The summed E-state index contributed by atoms with van der Waals surface area (Å²) in [4.78, 5) is 17.7. The van der Waals surface area contributed by atoms with E-state index in [4.69, 9.17) is 4.74 Å². The fourth-order valence-electron chi connectivity index (χ4n) is 2.84. The molecule has 0 amide bonds. The standard InChI is InChI=1S/C21H17FN2O2S2/c1-26-16-8-6-14(7-9-16)13-28-21-23-18-10-11-27-19(18)20(25)24(21)12-15-4-2-3-5-17(15)22/h2-11H,12-13H2,1H3. The van der Waals surface area contributed by atoms with Gasteiger partial charge in [0.05, 0.1) is 19.2 Å². The summed E-state index contributed by atoms with van der Waals surface area (Å²) in [5.41, 5.74) is 2.09. The van der Waals surface area contributed by atoms with E-state index in [1.807, 2.05) is 35.7 Å². The summed E-state index contributed by atoms with van der Waals surface area (Å²) in [5.74, 6) is 1.11. The van der Waals surface area contributed by atoms with E-state index in [0.29, 0.717) is 26.7 Å². The van der Waals surface area contributed by atoms with Crippen LogP contribution in [0, 0.1) is 5.82 Å². The molecule has 0 aliphatic carbocycles. The maximum absolute atomic E-state index is 14.2. The zero-order chi connectivity index (χ0) is 19.5. The van der Waals surface area contributed by atoms with Crippen molar-refractivity contribution in [2.75, 3.05) is 7.11 Å². The number of methoxy groups -OCH3 is 1. The summed E-state index contributed by atoms with van der Waals surface area (Å²) in [7, 11) is 1.63. The molecular weight excluding hydrogens is 395 g/mol. The van der Waals surface area contributed by atoms with Crippen LogP contribution in [0.15, 0.2) is 69.9 Å². The van der Waals surface area contributed by atoms with Gasteiger partial charge < -0.3 is 4.74 Å². The van der Waals surface area contributed by atoms with Crippen LogP contribution in [-0.2, 0) is 12.3 Å². The first-order chi connectivity index (χ1) is 13.7. The van der Waals surface area contributed by atoms with E-state index in [2.05, 4.69) is 4.98 Å². The first-order valence-corrected chi connectivity index (χ1v) is 10.5. The molecule has 28 heavy (non-hydrogen) atoms. The maximum atomic E-state index is 14.2. The number of ether oxygens (including phenoxy) is 1. The highest BCUT2D eigenvalue weighted by Gasteiger charge is 2.14. The molecule has 0 saturated carbocycles. The molecule has 0 bridgehead atoms. The van der Waals surface area contributed by atoms with Gasteiger partial charge >= 0.3 is 0 Å². The molecule has 0 N–H and O–H groups in total. The highest BCUT2D eigenvalue weighted by Crippen LogP contribution is 2.25. The van der Waals surface area contributed by atoms with Crippen LogP contribution in [0.2, 0.25) is 0 Å². The molecule has 7 heteroatoms. The Morgan fingerprint density at radius 1 is 1.14 bits per heavy atom. The van der Waals surface area contributed by atoms with Crippen LogP contribution in [0.5, 0.6) is 5.75 Å². The van der Waals surface area contributed by atoms with Crippen LogP contribution in [0.4, 0.5) is 4.39 Å². The summed E-state index contributed by atoms with van der Waals surface area (Å²) >= 11 is 2.82. The predicted octanol–water partition coefficient (Wildman–Crippen LogP) is 4.95. The Morgan fingerprint density at radius 3 is 2.68 bits per heavy atom. The summed E-state index contributed by atoms with van der Waals surface area (Å²) in [6, 6.07) is 16.1. The molecule has 4 rings (SSSR count). The molecule has 4 nitrogen and oxygen atoms in total. The molecule has 0 saturated heterocycles. The van der Waals surface area contributed by atoms with Crippen molar-refractivity contribution in [3.05, 3.63) is 87.3 Å². The summed E-state index contributed by atoms with van der Waals surface area (Å²) < 4.78 is 21.5. The monoisotopic (exact) mass is 412 g/mol. The van der Waals surface area contributed by atoms with Gasteiger partial charge in [-0.25, -0.2) is 9.37 Å². The fourth-order valence-corrected chi connectivity index (χ4v) is 4.57. The quantitative estimate of drug-likeness (QED) is 0.332. The third-order valence-electron chi connectivity index (χ3n) is 4.34. The number of thiophene rings is 1. The Balaban J connectivity index is 1.69. The summed E-state index contributed by atoms with van der Waals surface area (Å²) in [5, 5.41) is 2.43. The van der Waals surface area contributed by atoms with Crippen molar-refractivity contribution in [1.82, 2.24) is 9.55 Å². The van der Waals surface area contributed by atoms with Crippen molar-refractivity contribution in [3.63, 3.8) is 0 Å². The second kappa shape index (κ2) is 8.16. The molecule has 0 aliphatic rings. The average Bonchev–Trinajstić information content (AvgIpc) is 3.19. The fraction of sp³-hybridized carbons (Fsp3) is 0.143. The lowest BCUT2D eigenvalue weighted by Crippen LogP contribution is -2.23. The van der Waals surface area contributed by atoms with Gasteiger partial charge in [0.1, 0.15) is 16.3 Å². The molecule has 0 unspecified atom stereocenters. The number of halogens is 1. The third kappa shape index (κ3) is 3.81. The van der Waals surface area contributed by atoms with Gasteiger partial charge in [0.15, 0.2) is 5.16 Å². The molecule has 2 aromatic carbocycles. The molecule has 0 radical (unpaired) electrons. The van der Waals surface area contributed by atoms with Gasteiger partial charge in [-0.1, -0.05) is 42.1 Å². The molecular formula is C21H17FN2O2S2. The van der Waals surface area contributed by atoms with Crippen LogP contribution < -0.4 is 10.3 Å². The minimum Gasteiger partial charge on any atom is -0.497 e. The first-order valence-electron chi connectivity index (χ1n) is 8.63. The van der Waals surface area contributed by atoms with E-state index >= 15 is 0 Å². The third-order valence-corrected chi connectivity index (χ3v) is 6.28. The molecule has 0 aliphatic heterocycles. The number of hydrogen-bond donors (Lipinski definition) is 0. The SMILES string of the molecule is COc1ccc(CSc2nc3ccsc3c(=O)n2Cc2ccccc2F)cc1. The van der Waals surface area contributed by atoms with Gasteiger partial charge in [0.2, 0.25) is 0 Å². The smallest absolute Gasteiger partial charge is 0.272 e. The van der Waals surface area contributed by atoms with Crippen molar-refractivity contribution in [1.29, 1.82) is 0 Å². The number of benzene rings is 2. The zero-order valence-electron chi connectivity index (χ0n) is 15.1. The molecule has 2 heterocycles. The lowest BCUT2D eigenvalue weighted by molar-refractivity contribution is 0.414. The van der Waals surface area contributed by atoms with Gasteiger partial charge in [0.25, 0.3) is 5.56 Å². The number of rotatable bonds is 6. The number of hydrogen-bond acceptors (Lipinski definition) is 5. The van der Waals surface area contributed by atoms with Gasteiger partial charge in [-0.05, 0) is 35.2 Å². The number of nitrogens with zero attached hydrogens (tertiary/aromatic N) is 2. The minimum atomic E-state index is -0.327. The lowest BCUT2D eigenvalue weighted by atomic mass is 10.2. The van der Waals surface area contributed by atoms with E-state index in [1.165, 1.54) is 29.2 Å². The van der Waals surface area contributed by atoms with Crippen LogP contribution in [0.1, 0.15) is 11.1 Å². The van der Waals surface area contributed by atoms with E-state index in [-0.39, 0.29) is 17.9 Å². The lowest BCUT2D eigenvalue weighted by Gasteiger charge is -2.13. The molecule has 142 valence electrons. The van der Waals surface area contributed by atoms with Crippen molar-refractivity contribution in [3.8, 4) is 5.75 Å². The van der Waals surface area contributed by atoms with Crippen molar-refractivity contribution in [2.24, 2.45) is 0 Å². The normalized spacial score (nSPS) is 11.1. The second-order valence-corrected chi connectivity index (χ2v) is 8.01. The van der Waals surface area contributed by atoms with E-state index < -0.39 is 0 Å². The zero-order valence-corrected chi connectivity index (χ0v) is 16.7. The highest BCUT2D eigenvalue weighted by molar-refractivity contribution is 7.98. The van der Waals surface area contributed by atoms with Crippen molar-refractivity contribution >= 4 is 33.3 Å². The number of aromatic nitrogens is 2. The van der Waals surface area contributed by atoms with Gasteiger partial charge in [-0.15, -0.1) is 11.3 Å². The largest absolute Gasteiger partial charge is 0.497 e. The van der Waals surface area contributed by atoms with Crippen LogP contribution >= 0.6 is 23.1 Å². The first kappa shape index (κ1) is 18.7. The van der Waals surface area contributed by atoms with Crippen molar-refractivity contribution in [2.45, 2.75) is 17.5 Å². The van der Waals surface area contributed by atoms with E-state index in [0.717, 1.165) is 11.3 Å². The average molecular weight is 413 g/mol. The van der Waals surface area contributed by atoms with E-state index in [1.54, 1.807) is 29.9 Å². The van der Waals surface area contributed by atoms with E-state index in [9.17, 15) is 9.18 Å². The highest BCUT2D eigenvalue weighted by atomic mass is 32.2. The summed E-state index contributed by atoms with van der Waals surface area (Å²) in [6.07, 6.45) is 0. The molecule has 0 fully saturated rings. The Labute approximate surface area is 169 Å². The van der Waals surface area contributed by atoms with Gasteiger partial charge in [-0.3, -0.25) is 9.36 Å². The molecule has 0 spiro atoms. The Morgan fingerprint density at radius 2 is 1.93 bits per heavy atom. The van der Waals surface area contributed by atoms with Crippen LogP contribution in [0.3, 0.4) is 0 Å². The van der Waals surface area contributed by atoms with Gasteiger partial charge in [0, 0.05) is 11.3 Å². The summed E-state index contributed by atoms with van der Waals surface area (Å²) in [6.45, 7) is 0.150. The van der Waals surface area contributed by atoms with Crippen LogP contribution in [0.25, 0.3) is 10.2 Å². The number of fused-ring (bicyclic) bond motifs is 1. The number of thioether (sulfide) groups is 1. The molecule has 0 atom stereocenters. The Hall–Kier alpha value is -2.64. The predicted molar refractivity (Wildman–Crippen MR) is 112 cm³/mol. The Kier molecular flexibility index (Phi) is 5.45. The topological polar surface area (TPSA) is 44.1 Å². The van der Waals surface area contributed by atoms with Crippen molar-refractivity contribution < 1.29 is 9.13 Å². The minimum absolute atomic E-state index is 0.138. The van der Waals surface area contributed by atoms with Crippen LogP contribution in [-0.4, -0.2) is 16.7 Å². The Bertz CT molecular complexity index is 1170.